The van der Waals surface area contributed by atoms with Gasteiger partial charge in [-0.25, -0.2) is 0 Å². The van der Waals surface area contributed by atoms with Gasteiger partial charge in [-0.15, -0.1) is 10.2 Å². The standard InChI is InChI=1S/C9H18N6/c1-15-4-2-3-8(7-15)5-10-6-9-11-13-14-12-9/h8,10H,2-7H2,1H3,(H,11,12,13,14). The lowest BCUT2D eigenvalue weighted by molar-refractivity contribution is 0.206. The number of tetrazole rings is 1. The molecule has 2 rings (SSSR count). The molecule has 0 amide bonds. The van der Waals surface area contributed by atoms with Crippen molar-refractivity contribution >= 4 is 0 Å². The summed E-state index contributed by atoms with van der Waals surface area (Å²) in [6.07, 6.45) is 2.63. The fourth-order valence-corrected chi connectivity index (χ4v) is 2.09. The summed E-state index contributed by atoms with van der Waals surface area (Å²) in [4.78, 5) is 2.39. The molecule has 1 atom stereocenters. The minimum absolute atomic E-state index is 0.705. The first-order valence-corrected chi connectivity index (χ1v) is 5.46. The zero-order valence-corrected chi connectivity index (χ0v) is 9.11. The van der Waals surface area contributed by atoms with Gasteiger partial charge in [-0.2, -0.15) is 5.21 Å². The third-order valence-corrected chi connectivity index (χ3v) is 2.83. The number of piperidine rings is 1. The molecule has 1 unspecified atom stereocenters. The Morgan fingerprint density at radius 2 is 2.53 bits per heavy atom. The van der Waals surface area contributed by atoms with E-state index in [1.165, 1.54) is 25.9 Å². The van der Waals surface area contributed by atoms with Crippen molar-refractivity contribution in [1.82, 2.24) is 30.8 Å². The second-order valence-electron chi connectivity index (χ2n) is 4.23. The zero-order chi connectivity index (χ0) is 10.5. The van der Waals surface area contributed by atoms with E-state index in [1.807, 2.05) is 0 Å². The molecule has 6 nitrogen and oxygen atoms in total. The molecule has 0 spiro atoms. The van der Waals surface area contributed by atoms with Gasteiger partial charge in [-0.1, -0.05) is 5.21 Å². The SMILES string of the molecule is CN1CCCC(CNCc2nn[nH]n2)C1. The van der Waals surface area contributed by atoms with Crippen molar-refractivity contribution in [3.63, 3.8) is 0 Å². The van der Waals surface area contributed by atoms with E-state index in [-0.39, 0.29) is 0 Å². The van der Waals surface area contributed by atoms with Gasteiger partial charge in [-0.05, 0) is 38.9 Å². The highest BCUT2D eigenvalue weighted by Crippen LogP contribution is 2.13. The second-order valence-corrected chi connectivity index (χ2v) is 4.23. The number of nitrogens with zero attached hydrogens (tertiary/aromatic N) is 4. The van der Waals surface area contributed by atoms with E-state index < -0.39 is 0 Å². The molecule has 0 bridgehead atoms. The smallest absolute Gasteiger partial charge is 0.188 e. The van der Waals surface area contributed by atoms with Gasteiger partial charge in [-0.3, -0.25) is 0 Å². The van der Waals surface area contributed by atoms with Gasteiger partial charge in [0.05, 0.1) is 6.54 Å². The molecular weight excluding hydrogens is 192 g/mol. The van der Waals surface area contributed by atoms with Gasteiger partial charge in [0, 0.05) is 6.54 Å². The van der Waals surface area contributed by atoms with E-state index in [4.69, 9.17) is 0 Å². The number of nitrogens with one attached hydrogen (secondary N) is 2. The fraction of sp³-hybridized carbons (Fsp3) is 0.889. The Morgan fingerprint density at radius 1 is 1.60 bits per heavy atom. The van der Waals surface area contributed by atoms with Crippen molar-refractivity contribution in [3.8, 4) is 0 Å². The topological polar surface area (TPSA) is 69.7 Å². The minimum atomic E-state index is 0.705. The third kappa shape index (κ3) is 3.24. The van der Waals surface area contributed by atoms with Crippen LogP contribution >= 0.6 is 0 Å². The summed E-state index contributed by atoms with van der Waals surface area (Å²) in [7, 11) is 2.19. The molecule has 1 aliphatic heterocycles. The molecule has 1 aromatic heterocycles. The number of aromatic amines is 1. The highest BCUT2D eigenvalue weighted by molar-refractivity contribution is 4.77. The lowest BCUT2D eigenvalue weighted by Gasteiger charge is -2.29. The van der Waals surface area contributed by atoms with Crippen LogP contribution in [0.2, 0.25) is 0 Å². The number of aromatic nitrogens is 4. The van der Waals surface area contributed by atoms with Crippen molar-refractivity contribution in [3.05, 3.63) is 5.82 Å². The van der Waals surface area contributed by atoms with E-state index in [2.05, 4.69) is 37.9 Å². The van der Waals surface area contributed by atoms with Gasteiger partial charge >= 0.3 is 0 Å². The van der Waals surface area contributed by atoms with E-state index in [0.717, 1.165) is 18.3 Å². The lowest BCUT2D eigenvalue weighted by Crippen LogP contribution is -2.37. The molecule has 0 aromatic carbocycles. The van der Waals surface area contributed by atoms with Crippen molar-refractivity contribution < 1.29 is 0 Å². The normalized spacial score (nSPS) is 23.1. The molecule has 2 heterocycles. The summed E-state index contributed by atoms with van der Waals surface area (Å²) in [5.41, 5.74) is 0. The lowest BCUT2D eigenvalue weighted by atomic mass is 9.98. The molecule has 84 valence electrons. The number of likely N-dealkylation sites (tertiary alicyclic amines) is 1. The van der Waals surface area contributed by atoms with E-state index >= 15 is 0 Å². The van der Waals surface area contributed by atoms with Gasteiger partial charge in [0.25, 0.3) is 0 Å². The van der Waals surface area contributed by atoms with E-state index in [1.54, 1.807) is 0 Å². The Morgan fingerprint density at radius 3 is 3.27 bits per heavy atom. The highest BCUT2D eigenvalue weighted by atomic mass is 15.5. The van der Waals surface area contributed by atoms with Crippen LogP contribution in [-0.4, -0.2) is 52.2 Å². The summed E-state index contributed by atoms with van der Waals surface area (Å²) in [5, 5.41) is 17.1. The maximum Gasteiger partial charge on any atom is 0.188 e. The molecule has 1 aliphatic rings. The monoisotopic (exact) mass is 210 g/mol. The molecule has 1 aromatic rings. The molecule has 15 heavy (non-hydrogen) atoms. The quantitative estimate of drug-likeness (QED) is 0.709. The second kappa shape index (κ2) is 5.18. The average molecular weight is 210 g/mol. The fourth-order valence-electron chi connectivity index (χ4n) is 2.09. The Labute approximate surface area is 89.4 Å². The van der Waals surface area contributed by atoms with Gasteiger partial charge in [0.15, 0.2) is 5.82 Å². The number of H-pyrrole nitrogens is 1. The predicted octanol–water partition coefficient (Wildman–Crippen LogP) is -0.369. The van der Waals surface area contributed by atoms with Crippen LogP contribution in [0.3, 0.4) is 0 Å². The Bertz CT molecular complexity index is 272. The van der Waals surface area contributed by atoms with Crippen LogP contribution < -0.4 is 5.32 Å². The van der Waals surface area contributed by atoms with E-state index in [9.17, 15) is 0 Å². The molecule has 0 aliphatic carbocycles. The Hall–Kier alpha value is -1.01. The summed E-state index contributed by atoms with van der Waals surface area (Å²) in [6, 6.07) is 0. The van der Waals surface area contributed by atoms with Crippen LogP contribution in [0.1, 0.15) is 18.7 Å². The largest absolute Gasteiger partial charge is 0.309 e. The van der Waals surface area contributed by atoms with Crippen LogP contribution in [0.25, 0.3) is 0 Å². The van der Waals surface area contributed by atoms with Crippen molar-refractivity contribution in [2.75, 3.05) is 26.7 Å². The number of hydrogen-bond donors (Lipinski definition) is 2. The Balaban J connectivity index is 1.65. The van der Waals surface area contributed by atoms with Crippen LogP contribution in [0.4, 0.5) is 0 Å². The summed E-state index contributed by atoms with van der Waals surface area (Å²) in [6.45, 7) is 4.18. The molecular formula is C9H18N6. The molecule has 1 saturated heterocycles. The predicted molar refractivity (Wildman–Crippen MR) is 56.1 cm³/mol. The van der Waals surface area contributed by atoms with Crippen LogP contribution in [-0.2, 0) is 6.54 Å². The maximum atomic E-state index is 3.89. The number of hydrogen-bond acceptors (Lipinski definition) is 5. The van der Waals surface area contributed by atoms with Crippen LogP contribution in [0.5, 0.6) is 0 Å². The van der Waals surface area contributed by atoms with Gasteiger partial charge < -0.3 is 10.2 Å². The molecule has 6 heteroatoms. The van der Waals surface area contributed by atoms with Gasteiger partial charge in [0.2, 0.25) is 0 Å². The molecule has 0 saturated carbocycles. The van der Waals surface area contributed by atoms with E-state index in [0.29, 0.717) is 6.54 Å². The number of rotatable bonds is 4. The molecule has 2 N–H and O–H groups in total. The first kappa shape index (κ1) is 10.5. The van der Waals surface area contributed by atoms with Crippen LogP contribution in [0.15, 0.2) is 0 Å². The maximum absolute atomic E-state index is 3.89. The molecule has 1 fully saturated rings. The first-order chi connectivity index (χ1) is 7.34. The zero-order valence-electron chi connectivity index (χ0n) is 9.11. The van der Waals surface area contributed by atoms with Crippen molar-refractivity contribution in [2.24, 2.45) is 5.92 Å². The van der Waals surface area contributed by atoms with Crippen LogP contribution in [0, 0.1) is 5.92 Å². The highest BCUT2D eigenvalue weighted by Gasteiger charge is 2.16. The van der Waals surface area contributed by atoms with Crippen molar-refractivity contribution in [1.29, 1.82) is 0 Å². The average Bonchev–Trinajstić information content (AvgIpc) is 2.71. The summed E-state index contributed by atoms with van der Waals surface area (Å²) in [5.74, 6) is 1.50. The third-order valence-electron chi connectivity index (χ3n) is 2.83. The summed E-state index contributed by atoms with van der Waals surface area (Å²) < 4.78 is 0. The first-order valence-electron chi connectivity index (χ1n) is 5.46. The summed E-state index contributed by atoms with van der Waals surface area (Å²) >= 11 is 0. The minimum Gasteiger partial charge on any atom is -0.309 e. The van der Waals surface area contributed by atoms with Crippen molar-refractivity contribution in [2.45, 2.75) is 19.4 Å². The Kier molecular flexibility index (Phi) is 3.63. The molecule has 0 radical (unpaired) electrons. The van der Waals surface area contributed by atoms with Gasteiger partial charge in [0.1, 0.15) is 0 Å².